The van der Waals surface area contributed by atoms with Crippen LogP contribution in [0.25, 0.3) is 0 Å². The summed E-state index contributed by atoms with van der Waals surface area (Å²) in [7, 11) is 3.35. The number of carbonyl (C=O) groups is 1. The van der Waals surface area contributed by atoms with E-state index >= 15 is 0 Å². The van der Waals surface area contributed by atoms with E-state index in [1.165, 1.54) is 17.4 Å². The van der Waals surface area contributed by atoms with Crippen molar-refractivity contribution in [2.45, 2.75) is 18.9 Å². The first-order chi connectivity index (χ1) is 14.1. The number of fused-ring (bicyclic) bond motifs is 1. The van der Waals surface area contributed by atoms with Gasteiger partial charge in [-0.15, -0.1) is 0 Å². The van der Waals surface area contributed by atoms with Crippen LogP contribution in [0.2, 0.25) is 0 Å². The number of thiazole rings is 1. The van der Waals surface area contributed by atoms with Crippen molar-refractivity contribution in [1.82, 2.24) is 4.98 Å². The van der Waals surface area contributed by atoms with Crippen molar-refractivity contribution in [2.75, 3.05) is 24.8 Å². The van der Waals surface area contributed by atoms with Gasteiger partial charge in [0.1, 0.15) is 18.2 Å². The van der Waals surface area contributed by atoms with Gasteiger partial charge in [0.25, 0.3) is 0 Å². The van der Waals surface area contributed by atoms with Crippen LogP contribution in [0, 0.1) is 5.82 Å². The highest BCUT2D eigenvalue weighted by Gasteiger charge is 2.30. The van der Waals surface area contributed by atoms with E-state index < -0.39 is 0 Å². The van der Waals surface area contributed by atoms with Gasteiger partial charge < -0.3 is 20.1 Å². The summed E-state index contributed by atoms with van der Waals surface area (Å²) in [5.41, 5.74) is 1.40. The maximum atomic E-state index is 13.8. The van der Waals surface area contributed by atoms with Gasteiger partial charge in [0, 0.05) is 24.9 Å². The molecule has 2 aromatic carbocycles. The van der Waals surface area contributed by atoms with Crippen LogP contribution < -0.4 is 20.1 Å². The predicted molar refractivity (Wildman–Crippen MR) is 110 cm³/mol. The lowest BCUT2D eigenvalue weighted by Gasteiger charge is -2.22. The Labute approximate surface area is 171 Å². The van der Waals surface area contributed by atoms with Crippen LogP contribution in [-0.2, 0) is 11.4 Å². The van der Waals surface area contributed by atoms with Crippen molar-refractivity contribution in [3.05, 3.63) is 64.3 Å². The van der Waals surface area contributed by atoms with E-state index in [0.29, 0.717) is 29.3 Å². The van der Waals surface area contributed by atoms with Gasteiger partial charge in [-0.3, -0.25) is 4.79 Å². The number of aromatic nitrogens is 1. The normalized spacial score (nSPS) is 15.4. The first-order valence-electron chi connectivity index (χ1n) is 9.11. The quantitative estimate of drug-likeness (QED) is 0.627. The summed E-state index contributed by atoms with van der Waals surface area (Å²) in [6, 6.07) is 12.1. The zero-order chi connectivity index (χ0) is 20.4. The number of hydrogen-bond donors (Lipinski definition) is 2. The minimum absolute atomic E-state index is 0.0747. The van der Waals surface area contributed by atoms with Gasteiger partial charge in [-0.2, -0.15) is 0 Å². The lowest BCUT2D eigenvalue weighted by molar-refractivity contribution is -0.116. The number of nitrogens with one attached hydrogen (secondary N) is 2. The van der Waals surface area contributed by atoms with Gasteiger partial charge in [0.15, 0.2) is 16.6 Å². The zero-order valence-corrected chi connectivity index (χ0v) is 16.8. The number of benzene rings is 2. The molecule has 1 aromatic heterocycles. The molecule has 1 aliphatic heterocycles. The van der Waals surface area contributed by atoms with Gasteiger partial charge in [0.2, 0.25) is 5.91 Å². The summed E-state index contributed by atoms with van der Waals surface area (Å²) >= 11 is 1.52. The number of hydrogen-bond acceptors (Lipinski definition) is 6. The van der Waals surface area contributed by atoms with Crippen LogP contribution in [0.4, 0.5) is 15.3 Å². The summed E-state index contributed by atoms with van der Waals surface area (Å²) < 4.78 is 25.1. The fourth-order valence-electron chi connectivity index (χ4n) is 3.29. The number of ether oxygens (including phenoxy) is 2. The Morgan fingerprint density at radius 3 is 2.86 bits per heavy atom. The van der Waals surface area contributed by atoms with Crippen molar-refractivity contribution in [1.29, 1.82) is 0 Å². The molecule has 2 N–H and O–H groups in total. The smallest absolute Gasteiger partial charge is 0.226 e. The second kappa shape index (κ2) is 8.08. The third-order valence-electron chi connectivity index (χ3n) is 4.76. The van der Waals surface area contributed by atoms with Crippen molar-refractivity contribution in [3.63, 3.8) is 0 Å². The molecule has 0 unspecified atom stereocenters. The van der Waals surface area contributed by atoms with Crippen molar-refractivity contribution < 1.29 is 18.7 Å². The average molecular weight is 413 g/mol. The molecule has 1 amide bonds. The minimum atomic E-state index is -0.311. The monoisotopic (exact) mass is 413 g/mol. The molecule has 8 heteroatoms. The Balaban J connectivity index is 1.61. The lowest BCUT2D eigenvalue weighted by atomic mass is 9.91. The topological polar surface area (TPSA) is 72.5 Å². The highest BCUT2D eigenvalue weighted by atomic mass is 32.1. The Hall–Kier alpha value is -3.13. The number of nitrogens with zero attached hydrogens (tertiary/aromatic N) is 1. The number of anilines is 2. The molecule has 0 aliphatic carbocycles. The van der Waals surface area contributed by atoms with Crippen molar-refractivity contribution in [2.24, 2.45) is 0 Å². The third-order valence-corrected chi connectivity index (χ3v) is 5.95. The molecular weight excluding hydrogens is 393 g/mol. The Bertz CT molecular complexity index is 1050. The van der Waals surface area contributed by atoms with Gasteiger partial charge in [-0.05, 0) is 23.8 Å². The van der Waals surface area contributed by atoms with E-state index in [9.17, 15) is 9.18 Å². The molecule has 1 atom stereocenters. The van der Waals surface area contributed by atoms with Crippen molar-refractivity contribution in [3.8, 4) is 11.5 Å². The Morgan fingerprint density at radius 2 is 2.10 bits per heavy atom. The summed E-state index contributed by atoms with van der Waals surface area (Å²) in [5, 5.41) is 6.60. The number of rotatable bonds is 6. The maximum Gasteiger partial charge on any atom is 0.226 e. The fraction of sp³-hybridized carbons (Fsp3) is 0.238. The van der Waals surface area contributed by atoms with Crippen LogP contribution >= 0.6 is 11.3 Å². The summed E-state index contributed by atoms with van der Waals surface area (Å²) in [6.07, 6.45) is 0.330. The van der Waals surface area contributed by atoms with Crippen LogP contribution in [0.15, 0.2) is 42.5 Å². The fourth-order valence-corrected chi connectivity index (χ4v) is 4.29. The molecule has 4 rings (SSSR count). The zero-order valence-electron chi connectivity index (χ0n) is 16.0. The van der Waals surface area contributed by atoms with E-state index in [2.05, 4.69) is 15.6 Å². The van der Waals surface area contributed by atoms with E-state index in [4.69, 9.17) is 9.47 Å². The average Bonchev–Trinajstić information content (AvgIpc) is 3.15. The Morgan fingerprint density at radius 1 is 1.28 bits per heavy atom. The number of methoxy groups -OCH3 is 1. The summed E-state index contributed by atoms with van der Waals surface area (Å²) in [6.45, 7) is 0.0960. The van der Waals surface area contributed by atoms with Gasteiger partial charge >= 0.3 is 0 Å². The molecule has 0 bridgehead atoms. The molecule has 0 fully saturated rings. The highest BCUT2D eigenvalue weighted by Crippen LogP contribution is 2.44. The molecule has 1 aliphatic rings. The molecule has 29 heavy (non-hydrogen) atoms. The van der Waals surface area contributed by atoms with Gasteiger partial charge in [-0.1, -0.05) is 35.6 Å². The van der Waals surface area contributed by atoms with E-state index in [1.807, 2.05) is 12.1 Å². The van der Waals surface area contributed by atoms with Gasteiger partial charge in [-0.25, -0.2) is 9.37 Å². The van der Waals surface area contributed by atoms with Crippen LogP contribution in [-0.4, -0.2) is 25.0 Å². The molecule has 0 radical (unpaired) electrons. The largest absolute Gasteiger partial charge is 0.493 e. The number of carbonyl (C=O) groups excluding carboxylic acids is 1. The molecule has 0 saturated heterocycles. The lowest BCUT2D eigenvalue weighted by Crippen LogP contribution is -2.22. The first kappa shape index (κ1) is 19.2. The molecule has 6 nitrogen and oxygen atoms in total. The highest BCUT2D eigenvalue weighted by molar-refractivity contribution is 7.16. The minimum Gasteiger partial charge on any atom is -0.493 e. The summed E-state index contributed by atoms with van der Waals surface area (Å²) in [4.78, 5) is 17.6. The second-order valence-electron chi connectivity index (χ2n) is 6.58. The van der Waals surface area contributed by atoms with Gasteiger partial charge in [0.05, 0.1) is 12.0 Å². The Kier molecular flexibility index (Phi) is 5.35. The van der Waals surface area contributed by atoms with Crippen LogP contribution in [0.1, 0.15) is 28.3 Å². The molecule has 150 valence electrons. The predicted octanol–water partition coefficient (Wildman–Crippen LogP) is 4.39. The van der Waals surface area contributed by atoms with E-state index in [1.54, 1.807) is 38.4 Å². The number of amides is 1. The standard InChI is InChI=1S/C21H20FN3O3S/c1-23-21-25-20-19(29-21)14(10-18(26)24-20)12-7-8-16(17(9-12)27-2)28-11-13-5-3-4-6-15(13)22/h3-9,14H,10-11H2,1-2H3,(H,23,25)(H,24,26)/t14-/m0/s1. The molecule has 2 heterocycles. The van der Waals surface area contributed by atoms with Crippen LogP contribution in [0.3, 0.4) is 0 Å². The molecular formula is C21H20FN3O3S. The molecule has 3 aromatic rings. The van der Waals surface area contributed by atoms with Crippen molar-refractivity contribution >= 4 is 28.2 Å². The molecule has 0 spiro atoms. The maximum absolute atomic E-state index is 13.8. The second-order valence-corrected chi connectivity index (χ2v) is 7.61. The number of halogens is 1. The first-order valence-corrected chi connectivity index (χ1v) is 9.93. The third kappa shape index (κ3) is 3.88. The SMILES string of the molecule is CNc1nc2c(s1)[C@H](c1ccc(OCc3ccccc3F)c(OC)c1)CC(=O)N2. The van der Waals surface area contributed by atoms with E-state index in [-0.39, 0.29) is 24.2 Å². The summed E-state index contributed by atoms with van der Waals surface area (Å²) in [5.74, 6) is 1.14. The van der Waals surface area contributed by atoms with E-state index in [0.717, 1.165) is 15.6 Å². The molecule has 0 saturated carbocycles. The van der Waals surface area contributed by atoms with Crippen LogP contribution in [0.5, 0.6) is 11.5 Å².